The van der Waals surface area contributed by atoms with Gasteiger partial charge in [0.25, 0.3) is 0 Å². The summed E-state index contributed by atoms with van der Waals surface area (Å²) in [5.74, 6) is 0.865. The van der Waals surface area contributed by atoms with E-state index >= 15 is 0 Å². The summed E-state index contributed by atoms with van der Waals surface area (Å²) in [5, 5.41) is 6.80. The summed E-state index contributed by atoms with van der Waals surface area (Å²) in [6.07, 6.45) is 8.25. The maximum atomic E-state index is 12.2. The van der Waals surface area contributed by atoms with Crippen LogP contribution in [-0.4, -0.2) is 74.1 Å². The molecular formula is C18H34N4O. The second-order valence-corrected chi connectivity index (χ2v) is 8.07. The highest BCUT2D eigenvalue weighted by Gasteiger charge is 2.34. The molecule has 23 heavy (non-hydrogen) atoms. The van der Waals surface area contributed by atoms with Crippen LogP contribution in [-0.2, 0) is 4.79 Å². The van der Waals surface area contributed by atoms with Gasteiger partial charge in [-0.15, -0.1) is 0 Å². The highest BCUT2D eigenvalue weighted by molar-refractivity contribution is 5.76. The van der Waals surface area contributed by atoms with Gasteiger partial charge in [-0.1, -0.05) is 0 Å². The fourth-order valence-electron chi connectivity index (χ4n) is 4.69. The molecule has 3 rings (SSSR count). The molecule has 5 heteroatoms. The number of carbonyl (C=O) groups excluding carboxylic acids is 1. The van der Waals surface area contributed by atoms with Crippen molar-refractivity contribution in [3.63, 3.8) is 0 Å². The van der Waals surface area contributed by atoms with Crippen molar-refractivity contribution in [1.82, 2.24) is 20.4 Å². The number of piperidine rings is 2. The lowest BCUT2D eigenvalue weighted by Gasteiger charge is -2.35. The van der Waals surface area contributed by atoms with Gasteiger partial charge in [-0.25, -0.2) is 0 Å². The third-order valence-electron chi connectivity index (χ3n) is 6.08. The van der Waals surface area contributed by atoms with Gasteiger partial charge in [0.15, 0.2) is 0 Å². The molecular weight excluding hydrogens is 288 g/mol. The van der Waals surface area contributed by atoms with E-state index in [0.29, 0.717) is 18.0 Å². The average molecular weight is 322 g/mol. The molecule has 1 amide bonds. The van der Waals surface area contributed by atoms with Gasteiger partial charge in [0.05, 0.1) is 0 Å². The Morgan fingerprint density at radius 1 is 1.13 bits per heavy atom. The zero-order valence-corrected chi connectivity index (χ0v) is 14.9. The van der Waals surface area contributed by atoms with E-state index in [4.69, 9.17) is 0 Å². The Morgan fingerprint density at radius 2 is 1.78 bits per heavy atom. The van der Waals surface area contributed by atoms with E-state index in [1.807, 2.05) is 0 Å². The van der Waals surface area contributed by atoms with Crippen LogP contribution in [0.4, 0.5) is 0 Å². The molecule has 2 bridgehead atoms. The Kier molecular flexibility index (Phi) is 5.94. The third kappa shape index (κ3) is 4.91. The molecule has 3 heterocycles. The second kappa shape index (κ2) is 7.95. The molecule has 0 aliphatic carbocycles. The first-order valence-corrected chi connectivity index (χ1v) is 9.51. The van der Waals surface area contributed by atoms with Gasteiger partial charge < -0.3 is 20.4 Å². The van der Waals surface area contributed by atoms with Crippen LogP contribution in [0.2, 0.25) is 0 Å². The standard InChI is InChI=1S/C18H34N4O/c1-21(2)17-5-8-22(9-6-17)10-7-19-18(23)13-14-11-15-3-4-16(12-14)20-15/h14-17,20H,3-13H2,1-2H3,(H,19,23). The Bertz CT molecular complexity index is 380. The molecule has 3 aliphatic rings. The van der Waals surface area contributed by atoms with Crippen molar-refractivity contribution >= 4 is 5.91 Å². The Hall–Kier alpha value is -0.650. The molecule has 3 fully saturated rings. The average Bonchev–Trinajstić information content (AvgIpc) is 2.86. The summed E-state index contributed by atoms with van der Waals surface area (Å²) in [6.45, 7) is 4.14. The zero-order chi connectivity index (χ0) is 16.2. The van der Waals surface area contributed by atoms with Crippen molar-refractivity contribution in [3.8, 4) is 0 Å². The molecule has 0 spiro atoms. The second-order valence-electron chi connectivity index (χ2n) is 8.07. The quantitative estimate of drug-likeness (QED) is 0.767. The van der Waals surface area contributed by atoms with Gasteiger partial charge in [0, 0.05) is 37.6 Å². The molecule has 2 atom stereocenters. The van der Waals surface area contributed by atoms with E-state index in [1.165, 1.54) is 38.5 Å². The maximum absolute atomic E-state index is 12.2. The summed E-state index contributed by atoms with van der Waals surface area (Å²) >= 11 is 0. The molecule has 5 nitrogen and oxygen atoms in total. The minimum atomic E-state index is 0.263. The Morgan fingerprint density at radius 3 is 2.39 bits per heavy atom. The smallest absolute Gasteiger partial charge is 0.220 e. The molecule has 0 aromatic carbocycles. The van der Waals surface area contributed by atoms with Gasteiger partial charge >= 0.3 is 0 Å². The number of nitrogens with zero attached hydrogens (tertiary/aromatic N) is 2. The van der Waals surface area contributed by atoms with E-state index in [-0.39, 0.29) is 5.91 Å². The number of carbonyl (C=O) groups is 1. The van der Waals surface area contributed by atoms with Crippen LogP contribution < -0.4 is 10.6 Å². The maximum Gasteiger partial charge on any atom is 0.220 e. The normalized spacial score (nSPS) is 32.4. The number of amides is 1. The lowest BCUT2D eigenvalue weighted by molar-refractivity contribution is -0.122. The Labute approximate surface area is 141 Å². The zero-order valence-electron chi connectivity index (χ0n) is 14.9. The van der Waals surface area contributed by atoms with Crippen LogP contribution in [0.25, 0.3) is 0 Å². The molecule has 2 N–H and O–H groups in total. The van der Waals surface area contributed by atoms with Crippen molar-refractivity contribution in [3.05, 3.63) is 0 Å². The monoisotopic (exact) mass is 322 g/mol. The van der Waals surface area contributed by atoms with Crippen LogP contribution in [0.5, 0.6) is 0 Å². The predicted octanol–water partition coefficient (Wildman–Crippen LogP) is 1.05. The number of hydrogen-bond donors (Lipinski definition) is 2. The summed E-state index contributed by atoms with van der Waals surface area (Å²) in [4.78, 5) is 17.0. The molecule has 2 unspecified atom stereocenters. The van der Waals surface area contributed by atoms with Gasteiger partial charge in [-0.05, 0) is 71.6 Å². The number of likely N-dealkylation sites (tertiary alicyclic amines) is 1. The van der Waals surface area contributed by atoms with E-state index in [2.05, 4.69) is 34.5 Å². The highest BCUT2D eigenvalue weighted by atomic mass is 16.1. The minimum Gasteiger partial charge on any atom is -0.355 e. The largest absolute Gasteiger partial charge is 0.355 e. The molecule has 0 aromatic heterocycles. The number of fused-ring (bicyclic) bond motifs is 2. The summed E-state index contributed by atoms with van der Waals surface area (Å²) in [7, 11) is 4.35. The van der Waals surface area contributed by atoms with Crippen molar-refractivity contribution < 1.29 is 4.79 Å². The van der Waals surface area contributed by atoms with Gasteiger partial charge in [-0.2, -0.15) is 0 Å². The number of rotatable bonds is 6. The first-order chi connectivity index (χ1) is 11.1. The van der Waals surface area contributed by atoms with Crippen molar-refractivity contribution in [2.75, 3.05) is 40.3 Å². The first-order valence-electron chi connectivity index (χ1n) is 9.51. The molecule has 3 saturated heterocycles. The molecule has 0 radical (unpaired) electrons. The van der Waals surface area contributed by atoms with Crippen LogP contribution >= 0.6 is 0 Å². The van der Waals surface area contributed by atoms with E-state index in [1.54, 1.807) is 0 Å². The van der Waals surface area contributed by atoms with Gasteiger partial charge in [0.2, 0.25) is 5.91 Å². The van der Waals surface area contributed by atoms with Crippen molar-refractivity contribution in [2.24, 2.45) is 5.92 Å². The number of hydrogen-bond acceptors (Lipinski definition) is 4. The summed E-state index contributed by atoms with van der Waals surface area (Å²) in [5.41, 5.74) is 0. The summed E-state index contributed by atoms with van der Waals surface area (Å²) in [6, 6.07) is 2.10. The van der Waals surface area contributed by atoms with E-state index in [0.717, 1.165) is 38.6 Å². The van der Waals surface area contributed by atoms with E-state index in [9.17, 15) is 4.79 Å². The van der Waals surface area contributed by atoms with Crippen molar-refractivity contribution in [2.45, 2.75) is 63.1 Å². The lowest BCUT2D eigenvalue weighted by Crippen LogP contribution is -2.44. The first kappa shape index (κ1) is 17.2. The van der Waals surface area contributed by atoms with Gasteiger partial charge in [0.1, 0.15) is 0 Å². The highest BCUT2D eigenvalue weighted by Crippen LogP contribution is 2.32. The number of nitrogens with one attached hydrogen (secondary N) is 2. The molecule has 0 saturated carbocycles. The SMILES string of the molecule is CN(C)C1CCN(CCNC(=O)CC2CC3CCC(C2)N3)CC1. The minimum absolute atomic E-state index is 0.263. The van der Waals surface area contributed by atoms with Crippen LogP contribution in [0, 0.1) is 5.92 Å². The lowest BCUT2D eigenvalue weighted by atomic mass is 9.89. The fourth-order valence-corrected chi connectivity index (χ4v) is 4.69. The van der Waals surface area contributed by atoms with E-state index < -0.39 is 0 Å². The van der Waals surface area contributed by atoms with Crippen LogP contribution in [0.3, 0.4) is 0 Å². The van der Waals surface area contributed by atoms with Crippen LogP contribution in [0.1, 0.15) is 44.9 Å². The predicted molar refractivity (Wildman–Crippen MR) is 93.4 cm³/mol. The molecule has 0 aromatic rings. The van der Waals surface area contributed by atoms with Gasteiger partial charge in [-0.3, -0.25) is 4.79 Å². The van der Waals surface area contributed by atoms with Crippen molar-refractivity contribution in [1.29, 1.82) is 0 Å². The molecule has 3 aliphatic heterocycles. The van der Waals surface area contributed by atoms with Crippen LogP contribution in [0.15, 0.2) is 0 Å². The fraction of sp³-hybridized carbons (Fsp3) is 0.944. The third-order valence-corrected chi connectivity index (χ3v) is 6.08. The Balaban J connectivity index is 1.28. The molecule has 132 valence electrons. The topological polar surface area (TPSA) is 47.6 Å². The summed E-state index contributed by atoms with van der Waals surface area (Å²) < 4.78 is 0.